The van der Waals surface area contributed by atoms with Gasteiger partial charge in [0.2, 0.25) is 5.91 Å². The Labute approximate surface area is 135 Å². The van der Waals surface area contributed by atoms with Crippen molar-refractivity contribution in [2.45, 2.75) is 12.8 Å². The third kappa shape index (κ3) is 3.18. The van der Waals surface area contributed by atoms with E-state index in [2.05, 4.69) is 15.8 Å². The van der Waals surface area contributed by atoms with Crippen LogP contribution in [0.25, 0.3) is 0 Å². The summed E-state index contributed by atoms with van der Waals surface area (Å²) in [4.78, 5) is 11.8. The summed E-state index contributed by atoms with van der Waals surface area (Å²) in [6.07, 6.45) is 0.990. The summed E-state index contributed by atoms with van der Waals surface area (Å²) in [6.45, 7) is 0. The van der Waals surface area contributed by atoms with E-state index in [0.29, 0.717) is 12.8 Å². The smallest absolute Gasteiger partial charge is 0.244 e. The van der Waals surface area contributed by atoms with Gasteiger partial charge >= 0.3 is 0 Å². The highest BCUT2D eigenvalue weighted by Crippen LogP contribution is 2.26. The van der Waals surface area contributed by atoms with Crippen LogP contribution in [0.4, 0.5) is 5.69 Å². The van der Waals surface area contributed by atoms with Gasteiger partial charge in [-0.2, -0.15) is 5.10 Å². The van der Waals surface area contributed by atoms with E-state index in [1.165, 1.54) is 0 Å². The number of nitrogens with zero attached hydrogens (tertiary/aromatic N) is 1. The van der Waals surface area contributed by atoms with Crippen molar-refractivity contribution in [2.75, 3.05) is 19.5 Å². The van der Waals surface area contributed by atoms with E-state index >= 15 is 0 Å². The standard InChI is InChI=1S/C18H19N3O2/c1-19-16-10-12(7-8-17(16)23-2)9-15-14-6-4-3-5-13(14)11-18(22)21-20-15/h3-8,10,19H,9,11H2,1-2H3,(H,21,22). The third-order valence-corrected chi connectivity index (χ3v) is 3.90. The molecule has 118 valence electrons. The molecule has 2 aromatic rings. The number of ether oxygens (including phenoxy) is 1. The van der Waals surface area contributed by atoms with Crippen LogP contribution in [0.2, 0.25) is 0 Å². The number of hydrazone groups is 1. The lowest BCUT2D eigenvalue weighted by Gasteiger charge is -2.12. The molecule has 2 N–H and O–H groups in total. The Morgan fingerprint density at radius 2 is 2.09 bits per heavy atom. The molecule has 0 aliphatic carbocycles. The monoisotopic (exact) mass is 309 g/mol. The van der Waals surface area contributed by atoms with E-state index in [9.17, 15) is 4.79 Å². The van der Waals surface area contributed by atoms with Crippen molar-refractivity contribution in [1.29, 1.82) is 0 Å². The van der Waals surface area contributed by atoms with Crippen molar-refractivity contribution < 1.29 is 9.53 Å². The summed E-state index contributed by atoms with van der Waals surface area (Å²) in [6, 6.07) is 13.9. The van der Waals surface area contributed by atoms with Crippen LogP contribution in [0, 0.1) is 0 Å². The molecule has 1 heterocycles. The van der Waals surface area contributed by atoms with Gasteiger partial charge in [0.25, 0.3) is 0 Å². The molecule has 0 radical (unpaired) electrons. The minimum Gasteiger partial charge on any atom is -0.495 e. The molecule has 1 aliphatic rings. The summed E-state index contributed by atoms with van der Waals surface area (Å²) in [7, 11) is 3.51. The first-order valence-corrected chi connectivity index (χ1v) is 7.49. The average Bonchev–Trinajstić information content (AvgIpc) is 2.74. The number of rotatable bonds is 4. The molecule has 1 amide bonds. The second-order valence-electron chi connectivity index (χ2n) is 5.39. The summed E-state index contributed by atoms with van der Waals surface area (Å²) in [5.74, 6) is 0.714. The van der Waals surface area contributed by atoms with Crippen molar-refractivity contribution in [2.24, 2.45) is 5.10 Å². The maximum Gasteiger partial charge on any atom is 0.244 e. The van der Waals surface area contributed by atoms with E-state index in [1.54, 1.807) is 7.11 Å². The van der Waals surface area contributed by atoms with Gasteiger partial charge in [-0.1, -0.05) is 30.3 Å². The minimum atomic E-state index is -0.0851. The Morgan fingerprint density at radius 1 is 1.26 bits per heavy atom. The molecule has 3 rings (SSSR count). The predicted octanol–water partition coefficient (Wildman–Crippen LogP) is 2.36. The van der Waals surface area contributed by atoms with E-state index in [1.807, 2.05) is 49.5 Å². The molecule has 0 saturated heterocycles. The van der Waals surface area contributed by atoms with Gasteiger partial charge in [0.05, 0.1) is 24.9 Å². The molecule has 0 saturated carbocycles. The molecule has 5 heteroatoms. The lowest BCUT2D eigenvalue weighted by molar-refractivity contribution is -0.120. The van der Waals surface area contributed by atoms with E-state index in [-0.39, 0.29) is 5.91 Å². The molecule has 0 aromatic heterocycles. The second-order valence-corrected chi connectivity index (χ2v) is 5.39. The summed E-state index contributed by atoms with van der Waals surface area (Å²) in [5.41, 5.74) is 7.53. The van der Waals surface area contributed by atoms with Gasteiger partial charge in [-0.25, -0.2) is 5.43 Å². The summed E-state index contributed by atoms with van der Waals surface area (Å²) < 4.78 is 5.32. The van der Waals surface area contributed by atoms with Gasteiger partial charge in [-0.15, -0.1) is 0 Å². The third-order valence-electron chi connectivity index (χ3n) is 3.90. The largest absolute Gasteiger partial charge is 0.495 e. The van der Waals surface area contributed by atoms with E-state index in [4.69, 9.17) is 4.74 Å². The van der Waals surface area contributed by atoms with Crippen molar-refractivity contribution in [3.05, 3.63) is 59.2 Å². The Balaban J connectivity index is 1.95. The van der Waals surface area contributed by atoms with Gasteiger partial charge < -0.3 is 10.1 Å². The first kappa shape index (κ1) is 15.1. The number of fused-ring (bicyclic) bond motifs is 1. The maximum atomic E-state index is 11.8. The maximum absolute atomic E-state index is 11.8. The van der Waals surface area contributed by atoms with Gasteiger partial charge in [-0.3, -0.25) is 4.79 Å². The number of hydrogen-bond donors (Lipinski definition) is 2. The number of amides is 1. The number of anilines is 1. The zero-order valence-corrected chi connectivity index (χ0v) is 13.2. The molecule has 0 fully saturated rings. The number of carbonyl (C=O) groups excluding carboxylic acids is 1. The molecular formula is C18H19N3O2. The van der Waals surface area contributed by atoms with Gasteiger partial charge in [0, 0.05) is 19.0 Å². The Hall–Kier alpha value is -2.82. The quantitative estimate of drug-likeness (QED) is 0.911. The number of methoxy groups -OCH3 is 1. The van der Waals surface area contributed by atoms with Gasteiger partial charge in [0.1, 0.15) is 5.75 Å². The van der Waals surface area contributed by atoms with Crippen LogP contribution in [0.1, 0.15) is 16.7 Å². The molecule has 1 aliphatic heterocycles. The first-order valence-electron chi connectivity index (χ1n) is 7.49. The fourth-order valence-corrected chi connectivity index (χ4v) is 2.75. The average molecular weight is 309 g/mol. The molecule has 5 nitrogen and oxygen atoms in total. The Bertz CT molecular complexity index is 769. The van der Waals surface area contributed by atoms with Crippen LogP contribution < -0.4 is 15.5 Å². The molecule has 0 atom stereocenters. The van der Waals surface area contributed by atoms with Crippen LogP contribution in [0.3, 0.4) is 0 Å². The second kappa shape index (κ2) is 6.52. The highest BCUT2D eigenvalue weighted by molar-refractivity contribution is 6.05. The van der Waals surface area contributed by atoms with Crippen LogP contribution >= 0.6 is 0 Å². The predicted molar refractivity (Wildman–Crippen MR) is 91.1 cm³/mol. The summed E-state index contributed by atoms with van der Waals surface area (Å²) in [5, 5.41) is 7.43. The number of nitrogens with one attached hydrogen (secondary N) is 2. The van der Waals surface area contributed by atoms with Crippen molar-refractivity contribution in [1.82, 2.24) is 5.43 Å². The van der Waals surface area contributed by atoms with Gasteiger partial charge in [-0.05, 0) is 23.3 Å². The highest BCUT2D eigenvalue weighted by Gasteiger charge is 2.17. The number of hydrogen-bond acceptors (Lipinski definition) is 4. The zero-order valence-electron chi connectivity index (χ0n) is 13.2. The van der Waals surface area contributed by atoms with Crippen LogP contribution in [-0.4, -0.2) is 25.8 Å². The summed E-state index contributed by atoms with van der Waals surface area (Å²) >= 11 is 0. The molecule has 2 aromatic carbocycles. The molecular weight excluding hydrogens is 290 g/mol. The van der Waals surface area contributed by atoms with E-state index < -0.39 is 0 Å². The highest BCUT2D eigenvalue weighted by atomic mass is 16.5. The van der Waals surface area contributed by atoms with E-state index in [0.717, 1.165) is 33.8 Å². The topological polar surface area (TPSA) is 62.7 Å². The minimum absolute atomic E-state index is 0.0851. The lowest BCUT2D eigenvalue weighted by Crippen LogP contribution is -2.18. The SMILES string of the molecule is CNc1cc(CC2=NNC(=O)Cc3ccccc32)ccc1OC. The normalized spacial score (nSPS) is 13.5. The van der Waals surface area contributed by atoms with Crippen molar-refractivity contribution in [3.8, 4) is 5.75 Å². The first-order chi connectivity index (χ1) is 11.2. The van der Waals surface area contributed by atoms with Crippen molar-refractivity contribution in [3.63, 3.8) is 0 Å². The molecule has 0 spiro atoms. The van der Waals surface area contributed by atoms with Crippen LogP contribution in [0.15, 0.2) is 47.6 Å². The molecule has 0 unspecified atom stereocenters. The molecule has 0 bridgehead atoms. The zero-order chi connectivity index (χ0) is 16.2. The Kier molecular flexibility index (Phi) is 4.28. The number of benzene rings is 2. The van der Waals surface area contributed by atoms with Crippen molar-refractivity contribution >= 4 is 17.3 Å². The Morgan fingerprint density at radius 3 is 2.87 bits per heavy atom. The van der Waals surface area contributed by atoms with Crippen LogP contribution in [0.5, 0.6) is 5.75 Å². The fraction of sp³-hybridized carbons (Fsp3) is 0.222. The fourth-order valence-electron chi connectivity index (χ4n) is 2.75. The molecule has 23 heavy (non-hydrogen) atoms. The lowest BCUT2D eigenvalue weighted by atomic mass is 9.96. The van der Waals surface area contributed by atoms with Gasteiger partial charge in [0.15, 0.2) is 0 Å². The van der Waals surface area contributed by atoms with Crippen LogP contribution in [-0.2, 0) is 17.6 Å². The number of carbonyl (C=O) groups is 1.